The van der Waals surface area contributed by atoms with Crippen LogP contribution in [0.25, 0.3) is 0 Å². The maximum Gasteiger partial charge on any atom is 0.315 e. The average molecular weight is 525 g/mol. The Morgan fingerprint density at radius 2 is 1.32 bits per heavy atom. The highest BCUT2D eigenvalue weighted by Gasteiger charge is 2.41. The summed E-state index contributed by atoms with van der Waals surface area (Å²) >= 11 is 0. The third-order valence-electron chi connectivity index (χ3n) is 7.23. The molecule has 10 nitrogen and oxygen atoms in total. The van der Waals surface area contributed by atoms with Crippen molar-refractivity contribution >= 4 is 12.1 Å². The summed E-state index contributed by atoms with van der Waals surface area (Å²) in [6.07, 6.45) is 2.59. The predicted molar refractivity (Wildman–Crippen MR) is 140 cm³/mol. The summed E-state index contributed by atoms with van der Waals surface area (Å²) in [5, 5.41) is 12.1. The van der Waals surface area contributed by atoms with Crippen LogP contribution >= 0.6 is 0 Å². The Morgan fingerprint density at radius 1 is 0.763 bits per heavy atom. The molecule has 2 aliphatic heterocycles. The molecule has 1 aliphatic carbocycles. The molecule has 38 heavy (non-hydrogen) atoms. The summed E-state index contributed by atoms with van der Waals surface area (Å²) in [7, 11) is 0. The predicted octanol–water partition coefficient (Wildman–Crippen LogP) is 4.03. The van der Waals surface area contributed by atoms with Crippen LogP contribution in [0.3, 0.4) is 0 Å². The zero-order chi connectivity index (χ0) is 26.8. The molecule has 5 rings (SSSR count). The quantitative estimate of drug-likeness (QED) is 0.434. The van der Waals surface area contributed by atoms with Crippen LogP contribution in [-0.4, -0.2) is 38.2 Å². The number of rotatable bonds is 7. The van der Waals surface area contributed by atoms with E-state index in [0.29, 0.717) is 31.1 Å². The van der Waals surface area contributed by atoms with Crippen molar-refractivity contribution in [2.45, 2.75) is 59.2 Å². The number of carbonyl (C=O) groups excluding carboxylic acids is 2. The van der Waals surface area contributed by atoms with Gasteiger partial charge in [0.15, 0.2) is 23.0 Å². The third kappa shape index (κ3) is 6.35. The minimum absolute atomic E-state index is 0.000928. The minimum atomic E-state index is -0.224. The summed E-state index contributed by atoms with van der Waals surface area (Å²) in [5.74, 6) is 2.83. The fourth-order valence-corrected chi connectivity index (χ4v) is 5.93. The Bertz CT molecular complexity index is 1200. The Kier molecular flexibility index (Phi) is 7.14. The van der Waals surface area contributed by atoms with Gasteiger partial charge in [-0.3, -0.25) is 0 Å². The van der Waals surface area contributed by atoms with Gasteiger partial charge in [0, 0.05) is 25.7 Å². The number of nitrogens with one attached hydrogen (secondary N) is 4. The van der Waals surface area contributed by atoms with Gasteiger partial charge in [-0.15, -0.1) is 0 Å². The van der Waals surface area contributed by atoms with Gasteiger partial charge in [0.25, 0.3) is 0 Å². The smallest absolute Gasteiger partial charge is 0.315 e. The van der Waals surface area contributed by atoms with Crippen LogP contribution in [0.5, 0.6) is 23.0 Å². The van der Waals surface area contributed by atoms with Crippen molar-refractivity contribution in [3.8, 4) is 23.0 Å². The van der Waals surface area contributed by atoms with E-state index in [4.69, 9.17) is 18.9 Å². The molecule has 2 heterocycles. The molecule has 0 aromatic heterocycles. The van der Waals surface area contributed by atoms with Crippen molar-refractivity contribution < 1.29 is 28.5 Å². The molecule has 1 fully saturated rings. The lowest BCUT2D eigenvalue weighted by Gasteiger charge is -2.46. The largest absolute Gasteiger partial charge is 0.454 e. The molecule has 0 bridgehead atoms. The number of ether oxygens (including phenoxy) is 4. The van der Waals surface area contributed by atoms with Gasteiger partial charge in [-0.2, -0.15) is 0 Å². The van der Waals surface area contributed by atoms with E-state index < -0.39 is 0 Å². The first-order valence-corrected chi connectivity index (χ1v) is 13.0. The first kappa shape index (κ1) is 25.8. The van der Waals surface area contributed by atoms with E-state index in [1.807, 2.05) is 36.4 Å². The molecule has 2 aromatic rings. The lowest BCUT2D eigenvalue weighted by Crippen LogP contribution is -2.52. The van der Waals surface area contributed by atoms with E-state index >= 15 is 0 Å². The lowest BCUT2D eigenvalue weighted by atomic mass is 9.62. The van der Waals surface area contributed by atoms with E-state index in [1.165, 1.54) is 0 Å². The lowest BCUT2D eigenvalue weighted by molar-refractivity contribution is 0.0749. The number of hydrogen-bond donors (Lipinski definition) is 4. The Labute approximate surface area is 222 Å². The zero-order valence-electron chi connectivity index (χ0n) is 22.1. The van der Waals surface area contributed by atoms with E-state index in [9.17, 15) is 9.59 Å². The minimum Gasteiger partial charge on any atom is -0.454 e. The fraction of sp³-hybridized carbons (Fsp3) is 0.500. The van der Waals surface area contributed by atoms with Crippen LogP contribution in [0.4, 0.5) is 9.59 Å². The van der Waals surface area contributed by atoms with Crippen molar-refractivity contribution in [1.82, 2.24) is 21.3 Å². The SMILES string of the molecule is CC1(C)CC(NC(=O)NCc2ccc3c(c2)OCO3)CC(C)(CNC(=O)NCc2ccc3c(c2)OCO3)C1. The van der Waals surface area contributed by atoms with Crippen LogP contribution in [0.2, 0.25) is 0 Å². The normalized spacial score (nSPS) is 22.4. The number of carbonyl (C=O) groups is 2. The standard InChI is InChI=1S/C28H36N4O6/c1-27(2)10-20(32-26(34)30-13-19-5-7-22-24(9-19)38-17-36-22)11-28(3,14-27)15-31-25(33)29-12-18-4-6-21-23(8-18)37-16-35-21/h4-9,20H,10-17H2,1-3H3,(H2,29,31,33)(H2,30,32,34). The Hall–Kier alpha value is -3.82. The number of urea groups is 2. The highest BCUT2D eigenvalue weighted by molar-refractivity contribution is 5.74. The van der Waals surface area contributed by atoms with E-state index in [0.717, 1.165) is 41.9 Å². The highest BCUT2D eigenvalue weighted by Crippen LogP contribution is 2.45. The topological polar surface area (TPSA) is 119 Å². The molecule has 2 aromatic carbocycles. The molecule has 0 saturated heterocycles. The van der Waals surface area contributed by atoms with Gasteiger partial charge in [0.1, 0.15) is 0 Å². The van der Waals surface area contributed by atoms with Gasteiger partial charge in [0.05, 0.1) is 0 Å². The van der Waals surface area contributed by atoms with Gasteiger partial charge in [-0.05, 0) is 65.5 Å². The molecular formula is C28H36N4O6. The molecule has 2 unspecified atom stereocenters. The van der Waals surface area contributed by atoms with Gasteiger partial charge < -0.3 is 40.2 Å². The number of fused-ring (bicyclic) bond motifs is 2. The first-order valence-electron chi connectivity index (χ1n) is 13.0. The van der Waals surface area contributed by atoms with E-state index in [2.05, 4.69) is 42.0 Å². The van der Waals surface area contributed by atoms with E-state index in [1.54, 1.807) is 0 Å². The maximum atomic E-state index is 12.7. The third-order valence-corrected chi connectivity index (χ3v) is 7.23. The Morgan fingerprint density at radius 3 is 1.92 bits per heavy atom. The second-order valence-electron chi connectivity index (χ2n) is 11.5. The monoisotopic (exact) mass is 524 g/mol. The number of amides is 4. The summed E-state index contributed by atoms with van der Waals surface area (Å²) in [5.41, 5.74) is 1.74. The van der Waals surface area contributed by atoms with Crippen molar-refractivity contribution in [2.75, 3.05) is 20.1 Å². The number of hydrogen-bond acceptors (Lipinski definition) is 6. The maximum absolute atomic E-state index is 12.7. The molecule has 10 heteroatoms. The molecule has 0 spiro atoms. The molecule has 4 N–H and O–H groups in total. The molecule has 2 atom stereocenters. The van der Waals surface area contributed by atoms with Crippen LogP contribution in [-0.2, 0) is 13.1 Å². The highest BCUT2D eigenvalue weighted by atomic mass is 16.7. The Balaban J connectivity index is 1.09. The summed E-state index contributed by atoms with van der Waals surface area (Å²) in [4.78, 5) is 25.3. The fourth-order valence-electron chi connectivity index (χ4n) is 5.93. The van der Waals surface area contributed by atoms with Gasteiger partial charge in [-0.1, -0.05) is 32.9 Å². The summed E-state index contributed by atoms with van der Waals surface area (Å²) < 4.78 is 21.5. The van der Waals surface area contributed by atoms with Crippen LogP contribution in [0, 0.1) is 10.8 Å². The molecule has 4 amide bonds. The van der Waals surface area contributed by atoms with Crippen molar-refractivity contribution in [2.24, 2.45) is 10.8 Å². The second kappa shape index (κ2) is 10.5. The molecule has 204 valence electrons. The van der Waals surface area contributed by atoms with Gasteiger partial charge in [0.2, 0.25) is 13.6 Å². The second-order valence-corrected chi connectivity index (χ2v) is 11.5. The molecule has 3 aliphatic rings. The van der Waals surface area contributed by atoms with Gasteiger partial charge in [-0.25, -0.2) is 9.59 Å². The van der Waals surface area contributed by atoms with Crippen LogP contribution < -0.4 is 40.2 Å². The molecule has 1 saturated carbocycles. The average Bonchev–Trinajstić information content (AvgIpc) is 3.52. The van der Waals surface area contributed by atoms with Crippen molar-refractivity contribution in [3.05, 3.63) is 47.5 Å². The molecular weight excluding hydrogens is 488 g/mol. The first-order chi connectivity index (χ1) is 18.2. The van der Waals surface area contributed by atoms with Crippen LogP contribution in [0.15, 0.2) is 36.4 Å². The summed E-state index contributed by atoms with van der Waals surface area (Å²) in [6, 6.07) is 10.9. The summed E-state index contributed by atoms with van der Waals surface area (Å²) in [6.45, 7) is 8.33. The van der Waals surface area contributed by atoms with Crippen LogP contribution in [0.1, 0.15) is 51.2 Å². The van der Waals surface area contributed by atoms with Crippen molar-refractivity contribution in [1.29, 1.82) is 0 Å². The molecule has 0 radical (unpaired) electrons. The number of benzene rings is 2. The van der Waals surface area contributed by atoms with E-state index in [-0.39, 0.29) is 42.5 Å². The van der Waals surface area contributed by atoms with Gasteiger partial charge >= 0.3 is 12.1 Å². The zero-order valence-corrected chi connectivity index (χ0v) is 22.1. The van der Waals surface area contributed by atoms with Crippen molar-refractivity contribution in [3.63, 3.8) is 0 Å².